The lowest BCUT2D eigenvalue weighted by Crippen LogP contribution is -2.27. The second kappa shape index (κ2) is 6.04. The molecule has 19 heavy (non-hydrogen) atoms. The summed E-state index contributed by atoms with van der Waals surface area (Å²) in [6, 6.07) is 9.05. The molecule has 0 aliphatic heterocycles. The topological polar surface area (TPSA) is 43.4 Å². The maximum Gasteiger partial charge on any atom is 0.180 e. The zero-order valence-corrected chi connectivity index (χ0v) is 11.3. The van der Waals surface area contributed by atoms with Crippen LogP contribution in [0.5, 0.6) is 5.75 Å². The van der Waals surface area contributed by atoms with E-state index in [-0.39, 0.29) is 5.78 Å². The Hall–Kier alpha value is -1.58. The number of hydrogen-bond donors (Lipinski definition) is 0. The maximum absolute atomic E-state index is 11.7. The van der Waals surface area contributed by atoms with Gasteiger partial charge in [0.15, 0.2) is 16.4 Å². The molecule has 0 N–H and O–H groups in total. The number of alkyl halides is 2. The van der Waals surface area contributed by atoms with Gasteiger partial charge in [0.05, 0.1) is 0 Å². The highest BCUT2D eigenvalue weighted by molar-refractivity contribution is 6.54. The van der Waals surface area contributed by atoms with Crippen LogP contribution in [0.15, 0.2) is 54.3 Å². The molecule has 0 saturated heterocycles. The monoisotopic (exact) mass is 296 g/mol. The van der Waals surface area contributed by atoms with Crippen LogP contribution in [-0.4, -0.2) is 16.4 Å². The lowest BCUT2D eigenvalue weighted by molar-refractivity contribution is -0.127. The van der Waals surface area contributed by atoms with E-state index in [2.05, 4.69) is 0 Å². The molecule has 0 fully saturated rings. The van der Waals surface area contributed by atoms with Crippen molar-refractivity contribution in [3.05, 3.63) is 54.3 Å². The van der Waals surface area contributed by atoms with Gasteiger partial charge in [-0.3, -0.25) is 9.59 Å². The molecule has 5 heteroatoms. The van der Waals surface area contributed by atoms with Gasteiger partial charge in [0, 0.05) is 0 Å². The fourth-order valence-corrected chi connectivity index (χ4v) is 1.89. The molecule has 1 aromatic carbocycles. The van der Waals surface area contributed by atoms with Gasteiger partial charge in [-0.15, -0.1) is 0 Å². The highest BCUT2D eigenvalue weighted by atomic mass is 35.5. The van der Waals surface area contributed by atoms with Gasteiger partial charge in [0.25, 0.3) is 0 Å². The van der Waals surface area contributed by atoms with E-state index in [4.69, 9.17) is 27.9 Å². The zero-order valence-electron chi connectivity index (χ0n) is 9.75. The first-order chi connectivity index (χ1) is 9.08. The van der Waals surface area contributed by atoms with Crippen LogP contribution < -0.4 is 4.74 Å². The third-order valence-corrected chi connectivity index (χ3v) is 2.98. The predicted molar refractivity (Wildman–Crippen MR) is 73.3 cm³/mol. The van der Waals surface area contributed by atoms with Gasteiger partial charge >= 0.3 is 0 Å². The Morgan fingerprint density at radius 3 is 2.47 bits per heavy atom. The quantitative estimate of drug-likeness (QED) is 0.633. The number of Topliss-reactive ketones (excluding diaryl/α,β-unsaturated/α-hetero) is 1. The first-order valence-corrected chi connectivity index (χ1v) is 6.44. The molecule has 0 bridgehead atoms. The van der Waals surface area contributed by atoms with Crippen LogP contribution in [0.2, 0.25) is 0 Å². The van der Waals surface area contributed by atoms with Crippen molar-refractivity contribution in [2.24, 2.45) is 5.92 Å². The summed E-state index contributed by atoms with van der Waals surface area (Å²) in [6.07, 6.45) is 4.23. The third kappa shape index (κ3) is 3.46. The summed E-state index contributed by atoms with van der Waals surface area (Å²) >= 11 is 11.0. The van der Waals surface area contributed by atoms with E-state index >= 15 is 0 Å². The Balaban J connectivity index is 2.18. The zero-order chi connectivity index (χ0) is 13.8. The van der Waals surface area contributed by atoms with Gasteiger partial charge in [-0.2, -0.15) is 0 Å². The number of ether oxygens (including phenoxy) is 1. The summed E-state index contributed by atoms with van der Waals surface area (Å²) in [7, 11) is 0. The number of allylic oxidation sites excluding steroid dienone is 3. The van der Waals surface area contributed by atoms with Crippen molar-refractivity contribution in [3.8, 4) is 5.75 Å². The number of hydrogen-bond acceptors (Lipinski definition) is 3. The smallest absolute Gasteiger partial charge is 0.180 e. The molecule has 1 unspecified atom stereocenters. The molecule has 2 rings (SSSR count). The average Bonchev–Trinajstić information content (AvgIpc) is 2.41. The minimum Gasteiger partial charge on any atom is -0.458 e. The van der Waals surface area contributed by atoms with Crippen LogP contribution in [0, 0.1) is 5.92 Å². The number of carbonyl (C=O) groups is 2. The summed E-state index contributed by atoms with van der Waals surface area (Å²) in [6.45, 7) is 0. The predicted octanol–water partition coefficient (Wildman–Crippen LogP) is 3.08. The van der Waals surface area contributed by atoms with Crippen LogP contribution in [0.4, 0.5) is 0 Å². The molecule has 0 spiro atoms. The number of ketones is 2. The minimum atomic E-state index is -1.23. The molecule has 0 radical (unpaired) electrons. The maximum atomic E-state index is 11.7. The van der Waals surface area contributed by atoms with E-state index in [0.29, 0.717) is 11.5 Å². The summed E-state index contributed by atoms with van der Waals surface area (Å²) in [5, 5.41) is 0. The van der Waals surface area contributed by atoms with E-state index in [1.807, 2.05) is 18.2 Å². The summed E-state index contributed by atoms with van der Waals surface area (Å²) in [4.78, 5) is 22.1. The van der Waals surface area contributed by atoms with Crippen LogP contribution in [0.3, 0.4) is 0 Å². The van der Waals surface area contributed by atoms with E-state index in [1.165, 1.54) is 18.2 Å². The van der Waals surface area contributed by atoms with E-state index in [9.17, 15) is 9.59 Å². The van der Waals surface area contributed by atoms with Crippen molar-refractivity contribution in [3.63, 3.8) is 0 Å². The molecule has 1 aliphatic carbocycles. The second-order valence-electron chi connectivity index (χ2n) is 3.90. The molecule has 0 amide bonds. The normalized spacial score (nSPS) is 18.4. The molecule has 3 nitrogen and oxygen atoms in total. The number of rotatable bonds is 4. The van der Waals surface area contributed by atoms with E-state index < -0.39 is 16.5 Å². The van der Waals surface area contributed by atoms with E-state index in [0.717, 1.165) is 0 Å². The van der Waals surface area contributed by atoms with Gasteiger partial charge in [-0.25, -0.2) is 0 Å². The highest BCUT2D eigenvalue weighted by Crippen LogP contribution is 2.22. The van der Waals surface area contributed by atoms with Crippen LogP contribution in [0.1, 0.15) is 0 Å². The molecule has 0 saturated carbocycles. The fraction of sp³-hybridized carbons (Fsp3) is 0.143. The SMILES string of the molecule is O=C1C=CC(Oc2ccccc2)=CC1C(=O)C(Cl)Cl. The Bertz CT molecular complexity index is 547. The van der Waals surface area contributed by atoms with E-state index in [1.54, 1.807) is 12.1 Å². The second-order valence-corrected chi connectivity index (χ2v) is 5.00. The van der Waals surface area contributed by atoms with Crippen molar-refractivity contribution < 1.29 is 14.3 Å². The first kappa shape index (κ1) is 13.8. The lowest BCUT2D eigenvalue weighted by Gasteiger charge is -2.15. The van der Waals surface area contributed by atoms with Gasteiger partial charge in [-0.1, -0.05) is 41.4 Å². The fourth-order valence-electron chi connectivity index (χ4n) is 1.62. The van der Waals surface area contributed by atoms with Crippen LogP contribution in [-0.2, 0) is 9.59 Å². The van der Waals surface area contributed by atoms with Crippen LogP contribution >= 0.6 is 23.2 Å². The van der Waals surface area contributed by atoms with Gasteiger partial charge in [0.2, 0.25) is 0 Å². The summed E-state index contributed by atoms with van der Waals surface area (Å²) in [5.41, 5.74) is 0. The Morgan fingerprint density at radius 2 is 1.84 bits per heavy atom. The Labute approximate surface area is 120 Å². The number of benzene rings is 1. The van der Waals surface area contributed by atoms with Gasteiger partial charge in [-0.05, 0) is 30.4 Å². The van der Waals surface area contributed by atoms with Gasteiger partial charge in [0.1, 0.15) is 17.4 Å². The van der Waals surface area contributed by atoms with Crippen molar-refractivity contribution in [1.82, 2.24) is 0 Å². The van der Waals surface area contributed by atoms with Crippen molar-refractivity contribution in [2.75, 3.05) is 0 Å². The molecule has 1 aliphatic rings. The largest absolute Gasteiger partial charge is 0.458 e. The molecule has 1 aromatic rings. The number of para-hydroxylation sites is 1. The number of halogens is 2. The van der Waals surface area contributed by atoms with Crippen LogP contribution in [0.25, 0.3) is 0 Å². The summed E-state index contributed by atoms with van der Waals surface area (Å²) < 4.78 is 5.55. The third-order valence-electron chi connectivity index (χ3n) is 2.55. The average molecular weight is 297 g/mol. The molecular formula is C14H10Cl2O3. The molecule has 0 heterocycles. The number of carbonyl (C=O) groups excluding carboxylic acids is 2. The molecular weight excluding hydrogens is 287 g/mol. The van der Waals surface area contributed by atoms with Crippen molar-refractivity contribution in [2.45, 2.75) is 4.84 Å². The first-order valence-electron chi connectivity index (χ1n) is 5.56. The Kier molecular flexibility index (Phi) is 4.40. The van der Waals surface area contributed by atoms with Crippen molar-refractivity contribution >= 4 is 34.8 Å². The van der Waals surface area contributed by atoms with Crippen molar-refractivity contribution in [1.29, 1.82) is 0 Å². The van der Waals surface area contributed by atoms with Gasteiger partial charge < -0.3 is 4.74 Å². The lowest BCUT2D eigenvalue weighted by atomic mass is 9.95. The standard InChI is InChI=1S/C14H10Cl2O3/c15-14(16)13(18)11-8-10(6-7-12(11)17)19-9-4-2-1-3-5-9/h1-8,11,14H. The molecule has 1 atom stereocenters. The summed E-state index contributed by atoms with van der Waals surface area (Å²) in [5.74, 6) is -0.849. The minimum absolute atomic E-state index is 0.350. The molecule has 0 aromatic heterocycles. The molecule has 98 valence electrons. The Morgan fingerprint density at radius 1 is 1.16 bits per heavy atom. The highest BCUT2D eigenvalue weighted by Gasteiger charge is 2.29.